The summed E-state index contributed by atoms with van der Waals surface area (Å²) in [6, 6.07) is 24.4. The van der Waals surface area contributed by atoms with Gasteiger partial charge in [-0.1, -0.05) is 67.1 Å². The van der Waals surface area contributed by atoms with Crippen LogP contribution in [0.1, 0.15) is 41.5 Å². The third-order valence-electron chi connectivity index (χ3n) is 6.56. The summed E-state index contributed by atoms with van der Waals surface area (Å²) in [5.41, 5.74) is 8.44. The number of nitrogens with zero attached hydrogens (tertiary/aromatic N) is 1. The first kappa shape index (κ1) is 20.7. The molecule has 0 aromatic heterocycles. The summed E-state index contributed by atoms with van der Waals surface area (Å²) in [4.78, 5) is 2.44. The number of fused-ring (bicyclic) bond motifs is 1. The Hall–Kier alpha value is -2.58. The minimum atomic E-state index is 0.657. The first-order chi connectivity index (χ1) is 14.5. The second-order valence-electron chi connectivity index (χ2n) is 8.95. The SMILES string of the molecule is COc1ccc(CN(C)CCC2c3ccc(-c4cccc(C)c4)cc3CC2C)cc1. The van der Waals surface area contributed by atoms with Crippen molar-refractivity contribution in [3.63, 3.8) is 0 Å². The molecule has 0 bridgehead atoms. The van der Waals surface area contributed by atoms with E-state index in [1.807, 2.05) is 12.1 Å². The number of methoxy groups -OCH3 is 1. The highest BCUT2D eigenvalue weighted by atomic mass is 16.5. The summed E-state index contributed by atoms with van der Waals surface area (Å²) in [5.74, 6) is 2.29. The summed E-state index contributed by atoms with van der Waals surface area (Å²) < 4.78 is 5.26. The standard InChI is InChI=1S/C28H33NO/c1-20-6-5-7-23(16-20)24-10-13-28-25(18-24)17-21(2)27(28)14-15-29(3)19-22-8-11-26(30-4)12-9-22/h5-13,16,18,21,27H,14-15,17,19H2,1-4H3. The van der Waals surface area contributed by atoms with Crippen LogP contribution in [-0.4, -0.2) is 25.6 Å². The molecule has 0 radical (unpaired) electrons. The fraction of sp³-hybridized carbons (Fsp3) is 0.357. The Labute approximate surface area is 181 Å². The van der Waals surface area contributed by atoms with E-state index in [4.69, 9.17) is 4.74 Å². The van der Waals surface area contributed by atoms with E-state index in [1.54, 1.807) is 18.2 Å². The monoisotopic (exact) mass is 399 g/mol. The fourth-order valence-electron chi connectivity index (χ4n) is 4.87. The number of hydrogen-bond donors (Lipinski definition) is 0. The lowest BCUT2D eigenvalue weighted by Gasteiger charge is -2.22. The van der Waals surface area contributed by atoms with Crippen LogP contribution in [0.15, 0.2) is 66.7 Å². The van der Waals surface area contributed by atoms with Crippen molar-refractivity contribution in [1.82, 2.24) is 4.90 Å². The number of benzene rings is 3. The molecule has 1 aliphatic rings. The molecule has 0 N–H and O–H groups in total. The second kappa shape index (κ2) is 9.06. The minimum absolute atomic E-state index is 0.657. The average molecular weight is 400 g/mol. The predicted molar refractivity (Wildman–Crippen MR) is 126 cm³/mol. The van der Waals surface area contributed by atoms with Gasteiger partial charge in [0.05, 0.1) is 7.11 Å². The zero-order valence-corrected chi connectivity index (χ0v) is 18.7. The molecule has 2 unspecified atom stereocenters. The van der Waals surface area contributed by atoms with E-state index in [2.05, 4.69) is 80.4 Å². The number of aryl methyl sites for hydroxylation is 1. The van der Waals surface area contributed by atoms with Gasteiger partial charge in [-0.3, -0.25) is 0 Å². The molecule has 0 saturated carbocycles. The molecule has 0 fully saturated rings. The van der Waals surface area contributed by atoms with Gasteiger partial charge in [-0.15, -0.1) is 0 Å². The van der Waals surface area contributed by atoms with Crippen LogP contribution in [-0.2, 0) is 13.0 Å². The first-order valence-electron chi connectivity index (χ1n) is 11.0. The molecule has 0 heterocycles. The van der Waals surface area contributed by atoms with Gasteiger partial charge in [0.1, 0.15) is 5.75 Å². The van der Waals surface area contributed by atoms with Crippen LogP contribution in [0.4, 0.5) is 0 Å². The molecule has 0 spiro atoms. The molecule has 0 amide bonds. The van der Waals surface area contributed by atoms with E-state index < -0.39 is 0 Å². The molecule has 3 aromatic carbocycles. The van der Waals surface area contributed by atoms with Crippen molar-refractivity contribution >= 4 is 0 Å². The van der Waals surface area contributed by atoms with E-state index in [-0.39, 0.29) is 0 Å². The van der Waals surface area contributed by atoms with E-state index in [0.717, 1.165) is 18.8 Å². The molecule has 2 heteroatoms. The van der Waals surface area contributed by atoms with E-state index in [0.29, 0.717) is 11.8 Å². The fourth-order valence-corrected chi connectivity index (χ4v) is 4.87. The van der Waals surface area contributed by atoms with Gasteiger partial charge in [0.2, 0.25) is 0 Å². The highest BCUT2D eigenvalue weighted by molar-refractivity contribution is 5.66. The van der Waals surface area contributed by atoms with Crippen LogP contribution in [0, 0.1) is 12.8 Å². The topological polar surface area (TPSA) is 12.5 Å². The Morgan fingerprint density at radius 1 is 0.967 bits per heavy atom. The van der Waals surface area contributed by atoms with Gasteiger partial charge in [0.15, 0.2) is 0 Å². The molecule has 1 aliphatic carbocycles. The summed E-state index contributed by atoms with van der Waals surface area (Å²) in [7, 11) is 3.94. The van der Waals surface area contributed by atoms with Gasteiger partial charge in [-0.2, -0.15) is 0 Å². The van der Waals surface area contributed by atoms with Crippen molar-refractivity contribution in [3.8, 4) is 16.9 Å². The summed E-state index contributed by atoms with van der Waals surface area (Å²) in [6.07, 6.45) is 2.41. The summed E-state index contributed by atoms with van der Waals surface area (Å²) in [5, 5.41) is 0. The molecular formula is C28H33NO. The quantitative estimate of drug-likeness (QED) is 0.451. The highest BCUT2D eigenvalue weighted by Gasteiger charge is 2.29. The van der Waals surface area contributed by atoms with Gasteiger partial charge in [0.25, 0.3) is 0 Å². The predicted octanol–water partition coefficient (Wildman–Crippen LogP) is 6.47. The van der Waals surface area contributed by atoms with Crippen molar-refractivity contribution in [1.29, 1.82) is 0 Å². The zero-order valence-electron chi connectivity index (χ0n) is 18.7. The van der Waals surface area contributed by atoms with Crippen molar-refractivity contribution in [2.45, 2.75) is 39.2 Å². The summed E-state index contributed by atoms with van der Waals surface area (Å²) >= 11 is 0. The van der Waals surface area contributed by atoms with Crippen LogP contribution in [0.5, 0.6) is 5.75 Å². The Balaban J connectivity index is 1.41. The molecular weight excluding hydrogens is 366 g/mol. The Morgan fingerprint density at radius 3 is 2.47 bits per heavy atom. The number of rotatable bonds is 7. The zero-order chi connectivity index (χ0) is 21.1. The Morgan fingerprint density at radius 2 is 1.73 bits per heavy atom. The maximum atomic E-state index is 5.26. The molecule has 156 valence electrons. The Kier molecular flexibility index (Phi) is 6.24. The summed E-state index contributed by atoms with van der Waals surface area (Å²) in [6.45, 7) is 6.67. The number of ether oxygens (including phenoxy) is 1. The molecule has 2 nitrogen and oxygen atoms in total. The smallest absolute Gasteiger partial charge is 0.118 e. The van der Waals surface area contributed by atoms with Crippen molar-refractivity contribution in [2.24, 2.45) is 5.92 Å². The van der Waals surface area contributed by atoms with Crippen LogP contribution in [0.3, 0.4) is 0 Å². The van der Waals surface area contributed by atoms with Crippen LogP contribution >= 0.6 is 0 Å². The molecule has 3 aromatic rings. The van der Waals surface area contributed by atoms with Crippen LogP contribution in [0.2, 0.25) is 0 Å². The van der Waals surface area contributed by atoms with Crippen molar-refractivity contribution in [2.75, 3.05) is 20.7 Å². The molecule has 4 rings (SSSR count). The highest BCUT2D eigenvalue weighted by Crippen LogP contribution is 2.41. The maximum Gasteiger partial charge on any atom is 0.118 e. The van der Waals surface area contributed by atoms with Crippen LogP contribution < -0.4 is 4.74 Å². The third-order valence-corrected chi connectivity index (χ3v) is 6.56. The Bertz CT molecular complexity index is 992. The van der Waals surface area contributed by atoms with E-state index in [9.17, 15) is 0 Å². The maximum absolute atomic E-state index is 5.26. The second-order valence-corrected chi connectivity index (χ2v) is 8.95. The lowest BCUT2D eigenvalue weighted by molar-refractivity contribution is 0.297. The van der Waals surface area contributed by atoms with Gasteiger partial charge in [-0.25, -0.2) is 0 Å². The van der Waals surface area contributed by atoms with Gasteiger partial charge >= 0.3 is 0 Å². The van der Waals surface area contributed by atoms with Crippen molar-refractivity contribution in [3.05, 3.63) is 89.0 Å². The lowest BCUT2D eigenvalue weighted by Crippen LogP contribution is -2.21. The van der Waals surface area contributed by atoms with Gasteiger partial charge in [0, 0.05) is 6.54 Å². The van der Waals surface area contributed by atoms with E-state index in [1.165, 1.54) is 35.1 Å². The minimum Gasteiger partial charge on any atom is -0.497 e. The normalized spacial score (nSPS) is 17.9. The number of hydrogen-bond acceptors (Lipinski definition) is 2. The first-order valence-corrected chi connectivity index (χ1v) is 11.0. The average Bonchev–Trinajstić information content (AvgIpc) is 3.07. The largest absolute Gasteiger partial charge is 0.497 e. The third kappa shape index (κ3) is 4.60. The molecule has 0 saturated heterocycles. The van der Waals surface area contributed by atoms with Crippen LogP contribution in [0.25, 0.3) is 11.1 Å². The molecule has 30 heavy (non-hydrogen) atoms. The van der Waals surface area contributed by atoms with Gasteiger partial charge < -0.3 is 9.64 Å². The molecule has 2 atom stereocenters. The van der Waals surface area contributed by atoms with E-state index >= 15 is 0 Å². The van der Waals surface area contributed by atoms with Gasteiger partial charge in [-0.05, 0) is 85.1 Å². The van der Waals surface area contributed by atoms with Crippen molar-refractivity contribution < 1.29 is 4.74 Å². The lowest BCUT2D eigenvalue weighted by atomic mass is 9.90. The molecule has 0 aliphatic heterocycles.